The van der Waals surface area contributed by atoms with Crippen LogP contribution in [0.25, 0.3) is 0 Å². The van der Waals surface area contributed by atoms with E-state index in [0.29, 0.717) is 24.1 Å². The Balaban J connectivity index is 2.54. The van der Waals surface area contributed by atoms with Crippen LogP contribution in [0.15, 0.2) is 0 Å². The fourth-order valence-corrected chi connectivity index (χ4v) is 2.19. The van der Waals surface area contributed by atoms with E-state index in [1.807, 2.05) is 13.8 Å². The summed E-state index contributed by atoms with van der Waals surface area (Å²) in [5.74, 6) is 0.342. The van der Waals surface area contributed by atoms with Crippen molar-refractivity contribution >= 4 is 23.3 Å². The summed E-state index contributed by atoms with van der Waals surface area (Å²) in [6.07, 6.45) is 4.10. The highest BCUT2D eigenvalue weighted by molar-refractivity contribution is 7.80. The molecule has 5 heteroatoms. The second kappa shape index (κ2) is 6.79. The first-order valence-corrected chi connectivity index (χ1v) is 6.63. The monoisotopic (exact) mass is 258 g/mol. The molecule has 0 aliphatic heterocycles. The van der Waals surface area contributed by atoms with Gasteiger partial charge in [-0.15, -0.1) is 0 Å². The second-order valence-electron chi connectivity index (χ2n) is 5.00. The van der Waals surface area contributed by atoms with Gasteiger partial charge in [-0.2, -0.15) is 0 Å². The topological polar surface area (TPSA) is 55.6 Å². The summed E-state index contributed by atoms with van der Waals surface area (Å²) in [7, 11) is 0. The lowest BCUT2D eigenvalue weighted by atomic mass is 10.2. The van der Waals surface area contributed by atoms with Gasteiger partial charge in [0.15, 0.2) is 0 Å². The van der Waals surface area contributed by atoms with Gasteiger partial charge < -0.3 is 10.5 Å². The SMILES string of the molecule is CC(C)COC(=O)N(CC(N)=S)C1CCCC1. The molecule has 2 N–H and O–H groups in total. The fourth-order valence-electron chi connectivity index (χ4n) is 2.05. The number of hydrogen-bond acceptors (Lipinski definition) is 3. The molecule has 0 bridgehead atoms. The zero-order valence-electron chi connectivity index (χ0n) is 10.6. The van der Waals surface area contributed by atoms with Crippen LogP contribution >= 0.6 is 12.2 Å². The highest BCUT2D eigenvalue weighted by Gasteiger charge is 2.28. The van der Waals surface area contributed by atoms with Gasteiger partial charge in [0.2, 0.25) is 0 Å². The highest BCUT2D eigenvalue weighted by atomic mass is 32.1. The van der Waals surface area contributed by atoms with E-state index in [1.54, 1.807) is 4.90 Å². The van der Waals surface area contributed by atoms with E-state index in [1.165, 1.54) is 0 Å². The van der Waals surface area contributed by atoms with Crippen LogP contribution < -0.4 is 5.73 Å². The number of nitrogens with two attached hydrogens (primary N) is 1. The summed E-state index contributed by atoms with van der Waals surface area (Å²) in [6, 6.07) is 0.246. The number of amides is 1. The van der Waals surface area contributed by atoms with E-state index < -0.39 is 0 Å². The van der Waals surface area contributed by atoms with Crippen LogP contribution in [-0.2, 0) is 4.74 Å². The van der Waals surface area contributed by atoms with E-state index in [0.717, 1.165) is 25.7 Å². The number of nitrogens with zero attached hydrogens (tertiary/aromatic N) is 1. The van der Waals surface area contributed by atoms with Gasteiger partial charge in [0, 0.05) is 6.04 Å². The van der Waals surface area contributed by atoms with Crippen LogP contribution in [0.4, 0.5) is 4.79 Å². The second-order valence-corrected chi connectivity index (χ2v) is 5.53. The average Bonchev–Trinajstić information content (AvgIpc) is 2.75. The molecule has 0 aromatic rings. The van der Waals surface area contributed by atoms with Gasteiger partial charge in [-0.25, -0.2) is 4.79 Å². The largest absolute Gasteiger partial charge is 0.449 e. The van der Waals surface area contributed by atoms with Crippen molar-refractivity contribution < 1.29 is 9.53 Å². The van der Waals surface area contributed by atoms with Crippen LogP contribution in [0, 0.1) is 5.92 Å². The minimum absolute atomic E-state index is 0.246. The summed E-state index contributed by atoms with van der Waals surface area (Å²) in [5, 5.41) is 0. The summed E-state index contributed by atoms with van der Waals surface area (Å²) in [5.41, 5.74) is 5.54. The molecule has 1 fully saturated rings. The van der Waals surface area contributed by atoms with Crippen molar-refractivity contribution in [3.63, 3.8) is 0 Å². The average molecular weight is 258 g/mol. The Kier molecular flexibility index (Phi) is 5.68. The number of thiocarbonyl (C=S) groups is 1. The highest BCUT2D eigenvalue weighted by Crippen LogP contribution is 2.24. The van der Waals surface area contributed by atoms with Crippen molar-refractivity contribution in [2.24, 2.45) is 11.7 Å². The van der Waals surface area contributed by atoms with Gasteiger partial charge >= 0.3 is 6.09 Å². The molecular weight excluding hydrogens is 236 g/mol. The molecule has 1 saturated carbocycles. The molecule has 0 radical (unpaired) electrons. The maximum absolute atomic E-state index is 12.0. The zero-order valence-corrected chi connectivity index (χ0v) is 11.5. The van der Waals surface area contributed by atoms with E-state index >= 15 is 0 Å². The Morgan fingerprint density at radius 2 is 2.06 bits per heavy atom. The quantitative estimate of drug-likeness (QED) is 0.769. The van der Waals surface area contributed by atoms with Crippen molar-refractivity contribution in [3.8, 4) is 0 Å². The summed E-state index contributed by atoms with van der Waals surface area (Å²) < 4.78 is 5.25. The van der Waals surface area contributed by atoms with Crippen LogP contribution in [0.2, 0.25) is 0 Å². The third-order valence-corrected chi connectivity index (χ3v) is 3.00. The molecule has 17 heavy (non-hydrogen) atoms. The van der Waals surface area contributed by atoms with Crippen molar-refractivity contribution in [3.05, 3.63) is 0 Å². The van der Waals surface area contributed by atoms with E-state index in [-0.39, 0.29) is 12.1 Å². The Hall–Kier alpha value is -0.840. The molecule has 1 amide bonds. The van der Waals surface area contributed by atoms with Gasteiger partial charge in [-0.3, -0.25) is 4.90 Å². The molecule has 0 heterocycles. The molecule has 0 atom stereocenters. The normalized spacial score (nSPS) is 16.2. The molecule has 1 aliphatic rings. The van der Waals surface area contributed by atoms with Crippen molar-refractivity contribution in [1.82, 2.24) is 4.90 Å². The minimum Gasteiger partial charge on any atom is -0.449 e. The first-order chi connectivity index (χ1) is 8.00. The standard InChI is InChI=1S/C12H22N2O2S/c1-9(2)8-16-12(15)14(7-11(13)17)10-5-3-4-6-10/h9-10H,3-8H2,1-2H3,(H2,13,17). The third kappa shape index (κ3) is 4.89. The lowest BCUT2D eigenvalue weighted by Crippen LogP contribution is -2.44. The Labute approximate surface area is 108 Å². The van der Waals surface area contributed by atoms with E-state index in [9.17, 15) is 4.79 Å². The van der Waals surface area contributed by atoms with Crippen molar-refractivity contribution in [2.75, 3.05) is 13.2 Å². The zero-order chi connectivity index (χ0) is 12.8. The predicted octanol–water partition coefficient (Wildman–Crippen LogP) is 2.31. The third-order valence-electron chi connectivity index (χ3n) is 2.87. The Morgan fingerprint density at radius 3 is 2.53 bits per heavy atom. The first kappa shape index (κ1) is 14.2. The summed E-state index contributed by atoms with van der Waals surface area (Å²) in [6.45, 7) is 4.80. The van der Waals surface area contributed by atoms with Gasteiger partial charge in [0.05, 0.1) is 18.1 Å². The molecule has 4 nitrogen and oxygen atoms in total. The van der Waals surface area contributed by atoms with Crippen molar-refractivity contribution in [1.29, 1.82) is 0 Å². The molecule has 0 aromatic carbocycles. The van der Waals surface area contributed by atoms with Crippen LogP contribution in [0.3, 0.4) is 0 Å². The minimum atomic E-state index is -0.279. The van der Waals surface area contributed by atoms with Gasteiger partial charge in [0.25, 0.3) is 0 Å². The van der Waals surface area contributed by atoms with E-state index in [2.05, 4.69) is 0 Å². The number of rotatable bonds is 5. The number of carbonyl (C=O) groups is 1. The maximum Gasteiger partial charge on any atom is 0.410 e. The Bertz CT molecular complexity index is 276. The molecular formula is C12H22N2O2S. The molecule has 1 rings (SSSR count). The number of ether oxygens (including phenoxy) is 1. The molecule has 0 spiro atoms. The number of hydrogen-bond donors (Lipinski definition) is 1. The molecule has 0 aromatic heterocycles. The lowest BCUT2D eigenvalue weighted by molar-refractivity contribution is 0.0839. The predicted molar refractivity (Wildman–Crippen MR) is 71.9 cm³/mol. The van der Waals surface area contributed by atoms with Crippen LogP contribution in [-0.4, -0.2) is 35.2 Å². The lowest BCUT2D eigenvalue weighted by Gasteiger charge is -2.28. The smallest absolute Gasteiger partial charge is 0.410 e. The van der Waals surface area contributed by atoms with Gasteiger partial charge in [-0.1, -0.05) is 38.9 Å². The van der Waals surface area contributed by atoms with Crippen LogP contribution in [0.1, 0.15) is 39.5 Å². The van der Waals surface area contributed by atoms with Crippen LogP contribution in [0.5, 0.6) is 0 Å². The summed E-state index contributed by atoms with van der Waals surface area (Å²) >= 11 is 4.89. The first-order valence-electron chi connectivity index (χ1n) is 6.22. The molecule has 1 aliphatic carbocycles. The van der Waals surface area contributed by atoms with Gasteiger partial charge in [-0.05, 0) is 18.8 Å². The van der Waals surface area contributed by atoms with Crippen molar-refractivity contribution in [2.45, 2.75) is 45.6 Å². The van der Waals surface area contributed by atoms with E-state index in [4.69, 9.17) is 22.7 Å². The Morgan fingerprint density at radius 1 is 1.47 bits per heavy atom. The molecule has 0 unspecified atom stereocenters. The molecule has 98 valence electrons. The fraction of sp³-hybridized carbons (Fsp3) is 0.833. The number of carbonyl (C=O) groups excluding carboxylic acids is 1. The maximum atomic E-state index is 12.0. The molecule has 0 saturated heterocycles. The van der Waals surface area contributed by atoms with Gasteiger partial charge in [0.1, 0.15) is 0 Å². The summed E-state index contributed by atoms with van der Waals surface area (Å²) in [4.78, 5) is 14.0.